The van der Waals surface area contributed by atoms with Crippen LogP contribution in [0.2, 0.25) is 5.02 Å². The van der Waals surface area contributed by atoms with Crippen LogP contribution < -0.4 is 14.2 Å². The molecule has 0 bridgehead atoms. The summed E-state index contributed by atoms with van der Waals surface area (Å²) in [5.74, 6) is 1.76. The number of methoxy groups -OCH3 is 1. The van der Waals surface area contributed by atoms with Gasteiger partial charge in [-0.3, -0.25) is 0 Å². The predicted octanol–water partition coefficient (Wildman–Crippen LogP) is 4.23. The van der Waals surface area contributed by atoms with Gasteiger partial charge in [0, 0.05) is 5.56 Å². The highest BCUT2D eigenvalue weighted by atomic mass is 35.5. The van der Waals surface area contributed by atoms with E-state index in [1.165, 1.54) is 13.3 Å². The lowest BCUT2D eigenvalue weighted by atomic mass is 10.1. The molecule has 0 aliphatic carbocycles. The van der Waals surface area contributed by atoms with Gasteiger partial charge in [-0.05, 0) is 37.1 Å². The van der Waals surface area contributed by atoms with Crippen LogP contribution in [0.3, 0.4) is 0 Å². The van der Waals surface area contributed by atoms with E-state index >= 15 is 0 Å². The molecule has 2 aromatic rings. The highest BCUT2D eigenvalue weighted by Crippen LogP contribution is 2.36. The lowest BCUT2D eigenvalue weighted by Gasteiger charge is -2.15. The van der Waals surface area contributed by atoms with E-state index in [4.69, 9.17) is 31.0 Å². The summed E-state index contributed by atoms with van der Waals surface area (Å²) in [5, 5.41) is 12.0. The average molecular weight is 350 g/mol. The summed E-state index contributed by atoms with van der Waals surface area (Å²) in [6.07, 6.45) is 1.27. The lowest BCUT2D eigenvalue weighted by molar-refractivity contribution is 0.210. The number of para-hydroxylation sites is 1. The minimum Gasteiger partial charge on any atom is -0.493 e. The fourth-order valence-electron chi connectivity index (χ4n) is 2.34. The summed E-state index contributed by atoms with van der Waals surface area (Å²) in [4.78, 5) is 0. The predicted molar refractivity (Wildman–Crippen MR) is 94.3 cm³/mol. The second-order valence-electron chi connectivity index (χ2n) is 5.20. The Morgan fingerprint density at radius 3 is 2.29 bits per heavy atom. The van der Waals surface area contributed by atoms with Gasteiger partial charge in [-0.15, -0.1) is 0 Å². The van der Waals surface area contributed by atoms with Crippen LogP contribution in [0, 0.1) is 13.8 Å². The first-order valence-electron chi connectivity index (χ1n) is 7.43. The molecule has 5 nitrogen and oxygen atoms in total. The summed E-state index contributed by atoms with van der Waals surface area (Å²) < 4.78 is 16.8. The zero-order valence-corrected chi connectivity index (χ0v) is 14.6. The third kappa shape index (κ3) is 4.32. The van der Waals surface area contributed by atoms with Crippen LogP contribution in [0.5, 0.6) is 17.2 Å². The van der Waals surface area contributed by atoms with Crippen LogP contribution in [0.4, 0.5) is 0 Å². The molecule has 128 valence electrons. The highest BCUT2D eigenvalue weighted by Gasteiger charge is 2.12. The second kappa shape index (κ2) is 8.45. The summed E-state index contributed by atoms with van der Waals surface area (Å²) in [6, 6.07) is 9.31. The van der Waals surface area contributed by atoms with Gasteiger partial charge in [0.25, 0.3) is 0 Å². The van der Waals surface area contributed by atoms with E-state index < -0.39 is 0 Å². The Labute approximate surface area is 146 Å². The first-order valence-corrected chi connectivity index (χ1v) is 7.81. The van der Waals surface area contributed by atoms with E-state index in [1.807, 2.05) is 32.0 Å². The van der Waals surface area contributed by atoms with Gasteiger partial charge in [0.05, 0.1) is 18.3 Å². The van der Waals surface area contributed by atoms with Crippen LogP contribution >= 0.6 is 11.6 Å². The number of ether oxygens (including phenoxy) is 3. The third-order valence-electron chi connectivity index (χ3n) is 3.44. The maximum absolute atomic E-state index is 8.61. The van der Waals surface area contributed by atoms with E-state index in [2.05, 4.69) is 5.16 Å². The molecule has 6 heteroatoms. The van der Waals surface area contributed by atoms with Crippen molar-refractivity contribution in [1.82, 2.24) is 0 Å². The van der Waals surface area contributed by atoms with Gasteiger partial charge in [-0.25, -0.2) is 0 Å². The average Bonchev–Trinajstić information content (AvgIpc) is 2.55. The molecule has 0 amide bonds. The Morgan fingerprint density at radius 1 is 1.08 bits per heavy atom. The van der Waals surface area contributed by atoms with Crippen molar-refractivity contribution >= 4 is 17.8 Å². The molecule has 1 N–H and O–H groups in total. The van der Waals surface area contributed by atoms with E-state index in [-0.39, 0.29) is 0 Å². The van der Waals surface area contributed by atoms with Gasteiger partial charge in [0.15, 0.2) is 11.5 Å². The molecule has 0 spiro atoms. The number of hydrogen-bond donors (Lipinski definition) is 1. The zero-order valence-electron chi connectivity index (χ0n) is 13.9. The number of rotatable bonds is 7. The molecule has 0 atom stereocenters. The molecule has 0 heterocycles. The second-order valence-corrected chi connectivity index (χ2v) is 5.60. The number of nitrogens with zero attached hydrogens (tertiary/aromatic N) is 1. The van der Waals surface area contributed by atoms with Crippen molar-refractivity contribution in [2.24, 2.45) is 5.16 Å². The van der Waals surface area contributed by atoms with Crippen molar-refractivity contribution in [3.63, 3.8) is 0 Å². The van der Waals surface area contributed by atoms with Crippen LogP contribution in [0.1, 0.15) is 16.7 Å². The Balaban J connectivity index is 2.02. The summed E-state index contributed by atoms with van der Waals surface area (Å²) in [5.41, 5.74) is 2.77. The summed E-state index contributed by atoms with van der Waals surface area (Å²) in [6.45, 7) is 4.71. The number of halogens is 1. The third-order valence-corrected chi connectivity index (χ3v) is 3.72. The van der Waals surface area contributed by atoms with Gasteiger partial charge >= 0.3 is 0 Å². The van der Waals surface area contributed by atoms with Crippen LogP contribution in [0.25, 0.3) is 0 Å². The van der Waals surface area contributed by atoms with Crippen LogP contribution in [-0.2, 0) is 0 Å². The Bertz CT molecular complexity index is 711. The van der Waals surface area contributed by atoms with E-state index in [0.29, 0.717) is 35.3 Å². The molecular weight excluding hydrogens is 330 g/mol. The fourth-order valence-corrected chi connectivity index (χ4v) is 2.61. The van der Waals surface area contributed by atoms with Crippen molar-refractivity contribution in [1.29, 1.82) is 0 Å². The van der Waals surface area contributed by atoms with E-state index in [1.54, 1.807) is 12.1 Å². The normalized spacial score (nSPS) is 10.8. The monoisotopic (exact) mass is 349 g/mol. The molecule has 0 aromatic heterocycles. The number of oxime groups is 1. The minimum absolute atomic E-state index is 0.317. The summed E-state index contributed by atoms with van der Waals surface area (Å²) >= 11 is 6.21. The fraction of sp³-hybridized carbons (Fsp3) is 0.278. The number of hydrogen-bond acceptors (Lipinski definition) is 5. The molecular formula is C18H20ClNO4. The zero-order chi connectivity index (χ0) is 17.5. The lowest BCUT2D eigenvalue weighted by Crippen LogP contribution is -2.11. The van der Waals surface area contributed by atoms with Gasteiger partial charge in [-0.2, -0.15) is 0 Å². The molecule has 0 unspecified atom stereocenters. The number of aryl methyl sites for hydroxylation is 2. The van der Waals surface area contributed by atoms with Crippen molar-refractivity contribution in [2.75, 3.05) is 20.3 Å². The Morgan fingerprint density at radius 2 is 1.71 bits per heavy atom. The smallest absolute Gasteiger partial charge is 0.179 e. The minimum atomic E-state index is 0.317. The molecule has 2 aromatic carbocycles. The molecule has 2 rings (SSSR count). The summed E-state index contributed by atoms with van der Waals surface area (Å²) in [7, 11) is 1.52. The maximum atomic E-state index is 8.61. The van der Waals surface area contributed by atoms with Gasteiger partial charge in [0.1, 0.15) is 19.0 Å². The van der Waals surface area contributed by atoms with Crippen molar-refractivity contribution < 1.29 is 19.4 Å². The molecule has 24 heavy (non-hydrogen) atoms. The molecule has 0 aliphatic rings. The Kier molecular flexibility index (Phi) is 6.32. The van der Waals surface area contributed by atoms with Gasteiger partial charge in [0.2, 0.25) is 0 Å². The number of benzene rings is 2. The molecule has 0 aliphatic heterocycles. The van der Waals surface area contributed by atoms with E-state index in [0.717, 1.165) is 16.9 Å². The Hall–Kier alpha value is -2.40. The first-order chi connectivity index (χ1) is 11.6. The SMILES string of the molecule is COc1cc(C=NO)cc(Cl)c1OCCOc1c(C)cccc1C. The molecule has 0 saturated heterocycles. The largest absolute Gasteiger partial charge is 0.493 e. The maximum Gasteiger partial charge on any atom is 0.179 e. The van der Waals surface area contributed by atoms with Crippen LogP contribution in [0.15, 0.2) is 35.5 Å². The highest BCUT2D eigenvalue weighted by molar-refractivity contribution is 6.32. The molecule has 0 fully saturated rings. The standard InChI is InChI=1S/C18H20ClNO4/c1-12-5-4-6-13(2)17(12)23-7-8-24-18-15(19)9-14(11-20-21)10-16(18)22-3/h4-6,9-11,21H,7-8H2,1-3H3. The molecule has 0 saturated carbocycles. The molecule has 0 radical (unpaired) electrons. The topological polar surface area (TPSA) is 60.3 Å². The van der Waals surface area contributed by atoms with Gasteiger partial charge in [-0.1, -0.05) is 35.0 Å². The van der Waals surface area contributed by atoms with Gasteiger partial charge < -0.3 is 19.4 Å². The first kappa shape index (κ1) is 17.9. The van der Waals surface area contributed by atoms with Crippen molar-refractivity contribution in [2.45, 2.75) is 13.8 Å². The van der Waals surface area contributed by atoms with E-state index in [9.17, 15) is 0 Å². The van der Waals surface area contributed by atoms with Crippen molar-refractivity contribution in [3.8, 4) is 17.2 Å². The van der Waals surface area contributed by atoms with Crippen molar-refractivity contribution in [3.05, 3.63) is 52.0 Å². The quantitative estimate of drug-likeness (QED) is 0.351. The van der Waals surface area contributed by atoms with Crippen LogP contribution in [-0.4, -0.2) is 31.7 Å².